The number of rotatable bonds is 8. The lowest BCUT2D eigenvalue weighted by Gasteiger charge is -1.98. The minimum absolute atomic E-state index is 0.589. The molecule has 0 aromatic heterocycles. The fourth-order valence-corrected chi connectivity index (χ4v) is 2.19. The molecule has 0 bridgehead atoms. The lowest BCUT2D eigenvalue weighted by Crippen LogP contribution is -1.81. The van der Waals surface area contributed by atoms with E-state index in [1.165, 1.54) is 35.2 Å². The van der Waals surface area contributed by atoms with Crippen LogP contribution in [0.2, 0.25) is 0 Å². The summed E-state index contributed by atoms with van der Waals surface area (Å²) in [6, 6.07) is 0. The highest BCUT2D eigenvalue weighted by Gasteiger charge is 1.90. The minimum atomic E-state index is 0.589. The predicted molar refractivity (Wildman–Crippen MR) is 75.0 cm³/mol. The smallest absolute Gasteiger partial charge is 0.0431 e. The molecule has 0 unspecified atom stereocenters. The molecule has 0 aromatic rings. The van der Waals surface area contributed by atoms with Crippen molar-refractivity contribution in [2.75, 3.05) is 23.3 Å². The molecular formula is C10H16Cl2OS2. The molecule has 15 heavy (non-hydrogen) atoms. The summed E-state index contributed by atoms with van der Waals surface area (Å²) >= 11 is 14.1. The zero-order valence-corrected chi connectivity index (χ0v) is 12.1. The average molecular weight is 287 g/mol. The van der Waals surface area contributed by atoms with Crippen LogP contribution < -0.4 is 0 Å². The van der Waals surface area contributed by atoms with Gasteiger partial charge in [-0.1, -0.05) is 23.3 Å². The van der Waals surface area contributed by atoms with E-state index in [4.69, 9.17) is 26.8 Å². The Bertz CT molecular complexity index is 195. The van der Waals surface area contributed by atoms with Gasteiger partial charge in [-0.3, -0.25) is 0 Å². The third-order valence-corrected chi connectivity index (χ3v) is 3.74. The van der Waals surface area contributed by atoms with Crippen molar-refractivity contribution in [1.82, 2.24) is 0 Å². The Morgan fingerprint density at radius 3 is 1.73 bits per heavy atom. The second-order valence-electron chi connectivity index (χ2n) is 3.01. The molecule has 88 valence electrons. The SMILES string of the molecule is CC(=CCSOSCC=C(C)CCl)CCl. The van der Waals surface area contributed by atoms with Gasteiger partial charge in [0.15, 0.2) is 0 Å². The third kappa shape index (κ3) is 11.0. The largest absolute Gasteiger partial charge is 0.247 e. The minimum Gasteiger partial charge on any atom is -0.247 e. The molecule has 0 saturated heterocycles. The topological polar surface area (TPSA) is 9.23 Å². The van der Waals surface area contributed by atoms with Crippen molar-refractivity contribution in [3.05, 3.63) is 23.3 Å². The van der Waals surface area contributed by atoms with Crippen LogP contribution in [0, 0.1) is 0 Å². The molecule has 0 radical (unpaired) electrons. The zero-order valence-electron chi connectivity index (χ0n) is 8.96. The summed E-state index contributed by atoms with van der Waals surface area (Å²) in [6.07, 6.45) is 4.14. The Balaban J connectivity index is 3.33. The Morgan fingerprint density at radius 1 is 1.00 bits per heavy atom. The van der Waals surface area contributed by atoms with Gasteiger partial charge in [0.2, 0.25) is 0 Å². The van der Waals surface area contributed by atoms with Crippen molar-refractivity contribution in [1.29, 1.82) is 0 Å². The van der Waals surface area contributed by atoms with Gasteiger partial charge in [-0.25, -0.2) is 3.63 Å². The molecule has 0 aliphatic heterocycles. The second kappa shape index (κ2) is 11.2. The van der Waals surface area contributed by atoms with Crippen molar-refractivity contribution in [2.24, 2.45) is 0 Å². The average Bonchev–Trinajstić information content (AvgIpc) is 2.26. The van der Waals surface area contributed by atoms with E-state index in [-0.39, 0.29) is 0 Å². The van der Waals surface area contributed by atoms with Crippen LogP contribution in [0.3, 0.4) is 0 Å². The van der Waals surface area contributed by atoms with Gasteiger partial charge in [-0.05, 0) is 13.8 Å². The number of hydrogen-bond acceptors (Lipinski definition) is 3. The van der Waals surface area contributed by atoms with Gasteiger partial charge in [-0.2, -0.15) is 0 Å². The maximum Gasteiger partial charge on any atom is 0.0431 e. The molecule has 0 fully saturated rings. The van der Waals surface area contributed by atoms with Crippen LogP contribution in [-0.2, 0) is 3.63 Å². The molecule has 0 spiro atoms. The van der Waals surface area contributed by atoms with Gasteiger partial charge in [0.05, 0.1) is 0 Å². The standard InChI is InChI=1S/C10H16Cl2OS2/c1-9(7-11)3-5-14-13-15-6-4-10(2)8-12/h3-4H,5-8H2,1-2H3. The van der Waals surface area contributed by atoms with E-state index in [0.717, 1.165) is 11.5 Å². The number of halogens is 2. The first-order valence-electron chi connectivity index (χ1n) is 4.55. The fraction of sp³-hybridized carbons (Fsp3) is 0.600. The van der Waals surface area contributed by atoms with E-state index in [0.29, 0.717) is 11.8 Å². The molecule has 0 amide bonds. The van der Waals surface area contributed by atoms with Crippen LogP contribution in [0.15, 0.2) is 23.3 Å². The first-order chi connectivity index (χ1) is 7.20. The lowest BCUT2D eigenvalue weighted by atomic mass is 10.3. The van der Waals surface area contributed by atoms with Crippen molar-refractivity contribution >= 4 is 47.3 Å². The summed E-state index contributed by atoms with van der Waals surface area (Å²) in [6.45, 7) is 4.01. The van der Waals surface area contributed by atoms with E-state index < -0.39 is 0 Å². The van der Waals surface area contributed by atoms with E-state index in [1.54, 1.807) is 0 Å². The molecule has 0 saturated carbocycles. The molecule has 5 heteroatoms. The highest BCUT2D eigenvalue weighted by Crippen LogP contribution is 2.16. The zero-order chi connectivity index (χ0) is 11.5. The van der Waals surface area contributed by atoms with E-state index >= 15 is 0 Å². The van der Waals surface area contributed by atoms with Gasteiger partial charge < -0.3 is 0 Å². The van der Waals surface area contributed by atoms with Crippen LogP contribution in [0.4, 0.5) is 0 Å². The van der Waals surface area contributed by atoms with E-state index in [9.17, 15) is 0 Å². The summed E-state index contributed by atoms with van der Waals surface area (Å²) in [4.78, 5) is 0. The van der Waals surface area contributed by atoms with Crippen LogP contribution in [0.5, 0.6) is 0 Å². The van der Waals surface area contributed by atoms with Crippen molar-refractivity contribution in [3.63, 3.8) is 0 Å². The van der Waals surface area contributed by atoms with Crippen LogP contribution >= 0.6 is 47.3 Å². The molecule has 0 rings (SSSR count). The van der Waals surface area contributed by atoms with E-state index in [1.807, 2.05) is 13.8 Å². The van der Waals surface area contributed by atoms with Gasteiger partial charge in [0.1, 0.15) is 0 Å². The van der Waals surface area contributed by atoms with Crippen molar-refractivity contribution < 1.29 is 3.63 Å². The summed E-state index contributed by atoms with van der Waals surface area (Å²) in [5.74, 6) is 2.85. The van der Waals surface area contributed by atoms with E-state index in [2.05, 4.69) is 12.2 Å². The Hall–Kier alpha value is 0.720. The van der Waals surface area contributed by atoms with Gasteiger partial charge >= 0.3 is 0 Å². The highest BCUT2D eigenvalue weighted by molar-refractivity contribution is 8.08. The van der Waals surface area contributed by atoms with Gasteiger partial charge in [0.25, 0.3) is 0 Å². The van der Waals surface area contributed by atoms with Gasteiger partial charge in [0, 0.05) is 47.4 Å². The maximum atomic E-state index is 5.62. The lowest BCUT2D eigenvalue weighted by molar-refractivity contribution is 0.762. The summed E-state index contributed by atoms with van der Waals surface area (Å²) in [7, 11) is 0. The number of alkyl halides is 2. The quantitative estimate of drug-likeness (QED) is 0.278. The molecule has 0 aromatic carbocycles. The number of hydrogen-bond donors (Lipinski definition) is 0. The summed E-state index contributed by atoms with van der Waals surface area (Å²) in [5.41, 5.74) is 2.35. The Kier molecular flexibility index (Phi) is 11.8. The van der Waals surface area contributed by atoms with Crippen LogP contribution in [-0.4, -0.2) is 23.3 Å². The van der Waals surface area contributed by atoms with Crippen LogP contribution in [0.25, 0.3) is 0 Å². The molecular weight excluding hydrogens is 271 g/mol. The maximum absolute atomic E-state index is 5.62. The normalized spacial score (nSPS) is 13.3. The molecule has 0 atom stereocenters. The van der Waals surface area contributed by atoms with Crippen molar-refractivity contribution in [3.8, 4) is 0 Å². The summed E-state index contributed by atoms with van der Waals surface area (Å²) in [5, 5.41) is 0. The Labute approximate surface area is 111 Å². The fourth-order valence-electron chi connectivity index (χ4n) is 0.551. The molecule has 0 aliphatic rings. The highest BCUT2D eigenvalue weighted by atomic mass is 35.5. The third-order valence-electron chi connectivity index (χ3n) is 1.52. The monoisotopic (exact) mass is 286 g/mol. The Morgan fingerprint density at radius 2 is 1.40 bits per heavy atom. The molecule has 0 N–H and O–H groups in total. The second-order valence-corrected chi connectivity index (χ2v) is 5.22. The predicted octanol–water partition coefficient (Wildman–Crippen LogP) is 4.67. The number of allylic oxidation sites excluding steroid dienone is 2. The van der Waals surface area contributed by atoms with Crippen molar-refractivity contribution in [2.45, 2.75) is 13.8 Å². The molecule has 0 heterocycles. The molecule has 1 nitrogen and oxygen atoms in total. The first-order valence-corrected chi connectivity index (χ1v) is 7.44. The first kappa shape index (κ1) is 15.7. The van der Waals surface area contributed by atoms with Gasteiger partial charge in [-0.15, -0.1) is 23.2 Å². The molecule has 0 aliphatic carbocycles. The summed E-state index contributed by atoms with van der Waals surface area (Å²) < 4.78 is 5.28. The van der Waals surface area contributed by atoms with Crippen LogP contribution in [0.1, 0.15) is 13.8 Å².